The molecule has 0 aliphatic carbocycles. The third-order valence-electron chi connectivity index (χ3n) is 2.33. The van der Waals surface area contributed by atoms with Gasteiger partial charge in [0.05, 0.1) is 0 Å². The Balaban J connectivity index is 2.29. The van der Waals surface area contributed by atoms with Crippen LogP contribution in [-0.2, 0) is 4.74 Å². The first-order chi connectivity index (χ1) is 6.27. The van der Waals surface area contributed by atoms with Crippen molar-refractivity contribution in [2.24, 2.45) is 4.99 Å². The van der Waals surface area contributed by atoms with Gasteiger partial charge in [0.2, 0.25) is 0 Å². The lowest BCUT2D eigenvalue weighted by Crippen LogP contribution is -2.10. The number of benzene rings is 1. The maximum Gasteiger partial charge on any atom is 0.170 e. The molecule has 2 rings (SSSR count). The Labute approximate surface area is 78.3 Å². The molecule has 13 heavy (non-hydrogen) atoms. The van der Waals surface area contributed by atoms with Gasteiger partial charge in [-0.25, -0.2) is 4.99 Å². The summed E-state index contributed by atoms with van der Waals surface area (Å²) in [6, 6.07) is 8.59. The van der Waals surface area contributed by atoms with Crippen LogP contribution in [0, 0.1) is 6.92 Å². The smallest absolute Gasteiger partial charge is 0.170 e. The Morgan fingerprint density at radius 1 is 1.38 bits per heavy atom. The average molecular weight is 175 g/mol. The fourth-order valence-electron chi connectivity index (χ4n) is 1.60. The molecule has 1 aliphatic heterocycles. The van der Waals surface area contributed by atoms with Crippen LogP contribution in [0.2, 0.25) is 0 Å². The second-order valence-electron chi connectivity index (χ2n) is 3.45. The van der Waals surface area contributed by atoms with E-state index < -0.39 is 0 Å². The van der Waals surface area contributed by atoms with E-state index in [4.69, 9.17) is 4.74 Å². The van der Waals surface area contributed by atoms with Gasteiger partial charge in [-0.3, -0.25) is 0 Å². The Morgan fingerprint density at radius 2 is 2.23 bits per heavy atom. The largest absolute Gasteiger partial charge is 0.478 e. The molecule has 0 saturated carbocycles. The van der Waals surface area contributed by atoms with Crippen LogP contribution >= 0.6 is 0 Å². The van der Waals surface area contributed by atoms with Gasteiger partial charge in [-0.2, -0.15) is 0 Å². The Bertz CT molecular complexity index is 333. The quantitative estimate of drug-likeness (QED) is 0.642. The third-order valence-corrected chi connectivity index (χ3v) is 2.33. The molecule has 0 bridgehead atoms. The Morgan fingerprint density at radius 3 is 2.85 bits per heavy atom. The minimum Gasteiger partial charge on any atom is -0.478 e. The predicted octanol–water partition coefficient (Wildman–Crippen LogP) is 2.48. The van der Waals surface area contributed by atoms with E-state index in [9.17, 15) is 0 Å². The molecular weight excluding hydrogens is 162 g/mol. The molecule has 0 amide bonds. The standard InChI is InChI=1S/C11H13NO/c1-8-4-3-5-10(6-8)11-9(2)13-7-12-11/h3-7,9,11H,1-2H3/t9?,11-/m0/s1. The van der Waals surface area contributed by atoms with E-state index in [1.807, 2.05) is 6.92 Å². The summed E-state index contributed by atoms with van der Waals surface area (Å²) in [5.74, 6) is 0. The van der Waals surface area contributed by atoms with Crippen molar-refractivity contribution in [3.63, 3.8) is 0 Å². The molecular formula is C11H13NO. The zero-order valence-electron chi connectivity index (χ0n) is 7.90. The molecule has 2 nitrogen and oxygen atoms in total. The van der Waals surface area contributed by atoms with Crippen LogP contribution in [0.4, 0.5) is 0 Å². The molecule has 2 atom stereocenters. The van der Waals surface area contributed by atoms with E-state index in [1.165, 1.54) is 11.1 Å². The monoisotopic (exact) mass is 175 g/mol. The molecule has 1 aliphatic rings. The molecule has 0 spiro atoms. The minimum atomic E-state index is 0.168. The number of rotatable bonds is 1. The zero-order valence-corrected chi connectivity index (χ0v) is 7.90. The second-order valence-corrected chi connectivity index (χ2v) is 3.45. The second kappa shape index (κ2) is 3.21. The van der Waals surface area contributed by atoms with Crippen LogP contribution < -0.4 is 0 Å². The van der Waals surface area contributed by atoms with Crippen LogP contribution in [0.15, 0.2) is 29.3 Å². The average Bonchev–Trinajstić information content (AvgIpc) is 2.51. The van der Waals surface area contributed by atoms with Crippen molar-refractivity contribution in [3.05, 3.63) is 35.4 Å². The summed E-state index contributed by atoms with van der Waals surface area (Å²) < 4.78 is 5.27. The maximum atomic E-state index is 5.27. The first kappa shape index (κ1) is 8.30. The van der Waals surface area contributed by atoms with Crippen LogP contribution in [0.3, 0.4) is 0 Å². The van der Waals surface area contributed by atoms with Gasteiger partial charge in [-0.15, -0.1) is 0 Å². The molecule has 0 saturated heterocycles. The predicted molar refractivity (Wildman–Crippen MR) is 53.0 cm³/mol. The Kier molecular flexibility index (Phi) is 2.05. The summed E-state index contributed by atoms with van der Waals surface area (Å²) >= 11 is 0. The summed E-state index contributed by atoms with van der Waals surface area (Å²) in [6.07, 6.45) is 1.72. The molecule has 1 unspecified atom stereocenters. The molecule has 1 aromatic carbocycles. The van der Waals surface area contributed by atoms with E-state index in [0.29, 0.717) is 0 Å². The first-order valence-corrected chi connectivity index (χ1v) is 4.51. The van der Waals surface area contributed by atoms with Gasteiger partial charge in [0.25, 0.3) is 0 Å². The van der Waals surface area contributed by atoms with E-state index in [1.54, 1.807) is 6.40 Å². The molecule has 2 heteroatoms. The molecule has 0 N–H and O–H groups in total. The van der Waals surface area contributed by atoms with E-state index in [2.05, 4.69) is 36.2 Å². The van der Waals surface area contributed by atoms with Gasteiger partial charge < -0.3 is 4.74 Å². The normalized spacial score (nSPS) is 26.0. The molecule has 1 heterocycles. The summed E-state index contributed by atoms with van der Waals surface area (Å²) in [5, 5.41) is 0. The first-order valence-electron chi connectivity index (χ1n) is 4.51. The molecule has 1 aromatic rings. The third kappa shape index (κ3) is 1.57. The van der Waals surface area contributed by atoms with Gasteiger partial charge in [-0.05, 0) is 19.4 Å². The SMILES string of the molecule is Cc1cccc([C@H]2N=COC2C)c1. The highest BCUT2D eigenvalue weighted by atomic mass is 16.5. The van der Waals surface area contributed by atoms with Crippen molar-refractivity contribution in [3.8, 4) is 0 Å². The summed E-state index contributed by atoms with van der Waals surface area (Å²) in [7, 11) is 0. The number of ether oxygens (including phenoxy) is 1. The van der Waals surface area contributed by atoms with Gasteiger partial charge >= 0.3 is 0 Å². The maximum absolute atomic E-state index is 5.27. The Hall–Kier alpha value is -1.31. The number of aryl methyl sites for hydroxylation is 1. The van der Waals surface area contributed by atoms with Crippen molar-refractivity contribution < 1.29 is 4.74 Å². The summed E-state index contributed by atoms with van der Waals surface area (Å²) in [4.78, 5) is 4.28. The van der Waals surface area contributed by atoms with E-state index in [0.717, 1.165) is 0 Å². The van der Waals surface area contributed by atoms with Crippen molar-refractivity contribution in [1.29, 1.82) is 0 Å². The highest BCUT2D eigenvalue weighted by Crippen LogP contribution is 2.26. The fraction of sp³-hybridized carbons (Fsp3) is 0.364. The highest BCUT2D eigenvalue weighted by molar-refractivity contribution is 5.51. The van der Waals surface area contributed by atoms with Gasteiger partial charge in [0.15, 0.2) is 6.40 Å². The fourth-order valence-corrected chi connectivity index (χ4v) is 1.60. The molecule has 0 radical (unpaired) electrons. The topological polar surface area (TPSA) is 21.6 Å². The number of hydrogen-bond donors (Lipinski definition) is 0. The van der Waals surface area contributed by atoms with Crippen LogP contribution in [0.5, 0.6) is 0 Å². The van der Waals surface area contributed by atoms with E-state index >= 15 is 0 Å². The highest BCUT2D eigenvalue weighted by Gasteiger charge is 2.22. The van der Waals surface area contributed by atoms with Crippen molar-refractivity contribution >= 4 is 6.40 Å². The summed E-state index contributed by atoms with van der Waals surface area (Å²) in [6.45, 7) is 4.13. The van der Waals surface area contributed by atoms with Crippen LogP contribution in [0.1, 0.15) is 24.1 Å². The van der Waals surface area contributed by atoms with Crippen molar-refractivity contribution in [2.45, 2.75) is 26.0 Å². The lowest BCUT2D eigenvalue weighted by molar-refractivity contribution is 0.222. The summed E-state index contributed by atoms with van der Waals surface area (Å²) in [5.41, 5.74) is 2.51. The van der Waals surface area contributed by atoms with Gasteiger partial charge in [0, 0.05) is 0 Å². The van der Waals surface area contributed by atoms with E-state index in [-0.39, 0.29) is 12.1 Å². The molecule has 0 fully saturated rings. The number of nitrogens with zero attached hydrogens (tertiary/aromatic N) is 1. The number of aliphatic imine (C=N–C) groups is 1. The van der Waals surface area contributed by atoms with Gasteiger partial charge in [-0.1, -0.05) is 29.8 Å². The van der Waals surface area contributed by atoms with Crippen molar-refractivity contribution in [2.75, 3.05) is 0 Å². The van der Waals surface area contributed by atoms with Gasteiger partial charge in [0.1, 0.15) is 12.1 Å². The lowest BCUT2D eigenvalue weighted by atomic mass is 10.0. The molecule has 68 valence electrons. The number of hydrogen-bond acceptors (Lipinski definition) is 2. The molecule has 0 aromatic heterocycles. The van der Waals surface area contributed by atoms with Crippen LogP contribution in [-0.4, -0.2) is 12.5 Å². The van der Waals surface area contributed by atoms with Crippen LogP contribution in [0.25, 0.3) is 0 Å². The van der Waals surface area contributed by atoms with Crippen molar-refractivity contribution in [1.82, 2.24) is 0 Å². The lowest BCUT2D eigenvalue weighted by Gasteiger charge is -2.12. The minimum absolute atomic E-state index is 0.168. The zero-order chi connectivity index (χ0) is 9.26.